The topological polar surface area (TPSA) is 61.4 Å². The van der Waals surface area contributed by atoms with Crippen molar-refractivity contribution in [2.75, 3.05) is 18.5 Å². The quantitative estimate of drug-likeness (QED) is 0.760. The van der Waals surface area contributed by atoms with Gasteiger partial charge in [-0.2, -0.15) is 0 Å². The van der Waals surface area contributed by atoms with E-state index in [2.05, 4.69) is 10.6 Å². The highest BCUT2D eigenvalue weighted by atomic mass is 16.3. The van der Waals surface area contributed by atoms with Gasteiger partial charge in [0.15, 0.2) is 0 Å². The zero-order chi connectivity index (χ0) is 13.9. The van der Waals surface area contributed by atoms with Gasteiger partial charge in [-0.3, -0.25) is 4.79 Å². The first-order chi connectivity index (χ1) is 9.14. The first kappa shape index (κ1) is 13.9. The standard InChI is InChI=1S/C15H22N2O2/c1-3-15(4-2,10-18)17-14(19)12-5-6-13-11(9-12)7-8-16-13/h5-6,9,16,18H,3-4,7-8,10H2,1-2H3,(H,17,19). The fourth-order valence-corrected chi connectivity index (χ4v) is 2.45. The van der Waals surface area contributed by atoms with E-state index in [9.17, 15) is 9.90 Å². The van der Waals surface area contributed by atoms with Gasteiger partial charge >= 0.3 is 0 Å². The number of rotatable bonds is 5. The van der Waals surface area contributed by atoms with Crippen LogP contribution in [0.5, 0.6) is 0 Å². The number of aliphatic hydroxyl groups is 1. The summed E-state index contributed by atoms with van der Waals surface area (Å²) in [6.07, 6.45) is 2.40. The molecule has 0 aromatic heterocycles. The summed E-state index contributed by atoms with van der Waals surface area (Å²) in [5.41, 5.74) is 2.47. The maximum absolute atomic E-state index is 12.3. The van der Waals surface area contributed by atoms with Crippen LogP contribution in [0.3, 0.4) is 0 Å². The largest absolute Gasteiger partial charge is 0.394 e. The van der Waals surface area contributed by atoms with Gasteiger partial charge in [0.1, 0.15) is 0 Å². The van der Waals surface area contributed by atoms with Crippen LogP contribution in [0.2, 0.25) is 0 Å². The Bertz CT molecular complexity index is 459. The van der Waals surface area contributed by atoms with Crippen LogP contribution < -0.4 is 10.6 Å². The van der Waals surface area contributed by atoms with Crippen molar-refractivity contribution in [3.63, 3.8) is 0 Å². The van der Waals surface area contributed by atoms with Crippen molar-refractivity contribution in [1.82, 2.24) is 5.32 Å². The van der Waals surface area contributed by atoms with Crippen molar-refractivity contribution in [3.05, 3.63) is 29.3 Å². The lowest BCUT2D eigenvalue weighted by Crippen LogP contribution is -2.50. The highest BCUT2D eigenvalue weighted by molar-refractivity contribution is 5.95. The lowest BCUT2D eigenvalue weighted by molar-refractivity contribution is 0.0818. The van der Waals surface area contributed by atoms with Gasteiger partial charge in [-0.15, -0.1) is 0 Å². The van der Waals surface area contributed by atoms with E-state index in [1.54, 1.807) is 0 Å². The van der Waals surface area contributed by atoms with Gasteiger partial charge in [0.05, 0.1) is 12.1 Å². The van der Waals surface area contributed by atoms with Crippen LogP contribution in [0.25, 0.3) is 0 Å². The van der Waals surface area contributed by atoms with E-state index in [1.165, 1.54) is 5.56 Å². The minimum absolute atomic E-state index is 0.0295. The van der Waals surface area contributed by atoms with Crippen LogP contribution in [0.15, 0.2) is 18.2 Å². The molecule has 0 saturated carbocycles. The number of carbonyl (C=O) groups excluding carboxylic acids is 1. The summed E-state index contributed by atoms with van der Waals surface area (Å²) in [7, 11) is 0. The summed E-state index contributed by atoms with van der Waals surface area (Å²) in [6.45, 7) is 4.86. The second-order valence-corrected chi connectivity index (χ2v) is 5.15. The van der Waals surface area contributed by atoms with Crippen LogP contribution in [0.1, 0.15) is 42.6 Å². The Morgan fingerprint density at radius 1 is 1.42 bits per heavy atom. The van der Waals surface area contributed by atoms with E-state index in [0.717, 1.165) is 31.5 Å². The van der Waals surface area contributed by atoms with E-state index in [-0.39, 0.29) is 12.5 Å². The van der Waals surface area contributed by atoms with Crippen LogP contribution in [-0.4, -0.2) is 29.7 Å². The monoisotopic (exact) mass is 262 g/mol. The van der Waals surface area contributed by atoms with E-state index in [1.807, 2.05) is 32.0 Å². The molecule has 0 bridgehead atoms. The molecule has 1 aromatic rings. The molecule has 1 aliphatic heterocycles. The first-order valence-corrected chi connectivity index (χ1v) is 6.94. The normalized spacial score (nSPS) is 13.8. The Hall–Kier alpha value is -1.55. The fourth-order valence-electron chi connectivity index (χ4n) is 2.45. The molecule has 104 valence electrons. The molecule has 2 rings (SSSR count). The molecule has 19 heavy (non-hydrogen) atoms. The number of amides is 1. The van der Waals surface area contributed by atoms with Gasteiger partial charge in [0.2, 0.25) is 0 Å². The minimum Gasteiger partial charge on any atom is -0.394 e. The van der Waals surface area contributed by atoms with Crippen molar-refractivity contribution in [3.8, 4) is 0 Å². The van der Waals surface area contributed by atoms with Gasteiger partial charge in [-0.1, -0.05) is 13.8 Å². The summed E-state index contributed by atoms with van der Waals surface area (Å²) in [6, 6.07) is 5.73. The zero-order valence-corrected chi connectivity index (χ0v) is 11.6. The predicted octanol–water partition coefficient (Wildman–Crippen LogP) is 1.94. The van der Waals surface area contributed by atoms with Crippen molar-refractivity contribution >= 4 is 11.6 Å². The number of carbonyl (C=O) groups is 1. The zero-order valence-electron chi connectivity index (χ0n) is 11.6. The Morgan fingerprint density at radius 3 is 2.79 bits per heavy atom. The molecule has 1 aliphatic rings. The Labute approximate surface area is 114 Å². The van der Waals surface area contributed by atoms with Gasteiger partial charge in [-0.25, -0.2) is 0 Å². The van der Waals surface area contributed by atoms with Crippen molar-refractivity contribution in [2.24, 2.45) is 0 Å². The molecule has 1 aromatic carbocycles. The Balaban J connectivity index is 2.16. The molecule has 0 fully saturated rings. The van der Waals surface area contributed by atoms with Crippen LogP contribution in [0.4, 0.5) is 5.69 Å². The maximum Gasteiger partial charge on any atom is 0.251 e. The summed E-state index contributed by atoms with van der Waals surface area (Å²) in [4.78, 5) is 12.3. The molecule has 0 radical (unpaired) electrons. The summed E-state index contributed by atoms with van der Waals surface area (Å²) in [5.74, 6) is -0.104. The highest BCUT2D eigenvalue weighted by Gasteiger charge is 2.27. The van der Waals surface area contributed by atoms with Gasteiger partial charge in [0.25, 0.3) is 5.91 Å². The molecule has 3 N–H and O–H groups in total. The molecule has 1 amide bonds. The third kappa shape index (κ3) is 2.73. The number of fused-ring (bicyclic) bond motifs is 1. The van der Waals surface area contributed by atoms with E-state index < -0.39 is 5.54 Å². The predicted molar refractivity (Wildman–Crippen MR) is 76.5 cm³/mol. The van der Waals surface area contributed by atoms with Crippen LogP contribution >= 0.6 is 0 Å². The molecule has 0 spiro atoms. The molecule has 4 nitrogen and oxygen atoms in total. The number of nitrogens with one attached hydrogen (secondary N) is 2. The molecule has 1 heterocycles. The molecule has 4 heteroatoms. The number of anilines is 1. The number of hydrogen-bond acceptors (Lipinski definition) is 3. The van der Waals surface area contributed by atoms with Crippen molar-refractivity contribution in [2.45, 2.75) is 38.6 Å². The van der Waals surface area contributed by atoms with Crippen LogP contribution in [-0.2, 0) is 6.42 Å². The third-order valence-corrected chi connectivity index (χ3v) is 4.11. The van der Waals surface area contributed by atoms with E-state index in [4.69, 9.17) is 0 Å². The summed E-state index contributed by atoms with van der Waals surface area (Å²) in [5, 5.41) is 15.8. The average molecular weight is 262 g/mol. The molecular weight excluding hydrogens is 240 g/mol. The fraction of sp³-hybridized carbons (Fsp3) is 0.533. The smallest absolute Gasteiger partial charge is 0.251 e. The number of benzene rings is 1. The number of aliphatic hydroxyl groups excluding tert-OH is 1. The SMILES string of the molecule is CCC(CC)(CO)NC(=O)c1ccc2c(c1)CCN2. The van der Waals surface area contributed by atoms with Crippen molar-refractivity contribution < 1.29 is 9.90 Å². The maximum atomic E-state index is 12.3. The molecule has 0 saturated heterocycles. The van der Waals surface area contributed by atoms with Crippen molar-refractivity contribution in [1.29, 1.82) is 0 Å². The average Bonchev–Trinajstić information content (AvgIpc) is 2.92. The molecular formula is C15H22N2O2. The molecule has 0 atom stereocenters. The molecule has 0 aliphatic carbocycles. The van der Waals surface area contributed by atoms with Gasteiger partial charge < -0.3 is 15.7 Å². The lowest BCUT2D eigenvalue weighted by Gasteiger charge is -2.30. The minimum atomic E-state index is -0.506. The third-order valence-electron chi connectivity index (χ3n) is 4.11. The van der Waals surface area contributed by atoms with E-state index in [0.29, 0.717) is 5.56 Å². The molecule has 0 unspecified atom stereocenters. The summed E-state index contributed by atoms with van der Waals surface area (Å²) >= 11 is 0. The Kier molecular flexibility index (Phi) is 4.10. The summed E-state index contributed by atoms with van der Waals surface area (Å²) < 4.78 is 0. The second kappa shape index (κ2) is 5.61. The van der Waals surface area contributed by atoms with Gasteiger partial charge in [-0.05, 0) is 43.0 Å². The second-order valence-electron chi connectivity index (χ2n) is 5.15. The van der Waals surface area contributed by atoms with Crippen LogP contribution in [0, 0.1) is 0 Å². The lowest BCUT2D eigenvalue weighted by atomic mass is 9.93. The first-order valence-electron chi connectivity index (χ1n) is 6.94. The number of hydrogen-bond donors (Lipinski definition) is 3. The highest BCUT2D eigenvalue weighted by Crippen LogP contribution is 2.23. The van der Waals surface area contributed by atoms with Gasteiger partial charge in [0, 0.05) is 17.8 Å². The Morgan fingerprint density at radius 2 is 2.16 bits per heavy atom. The van der Waals surface area contributed by atoms with E-state index >= 15 is 0 Å².